The number of benzene rings is 2. The first-order valence-electron chi connectivity index (χ1n) is 12.5. The van der Waals surface area contributed by atoms with Crippen molar-refractivity contribution in [1.29, 1.82) is 0 Å². The van der Waals surface area contributed by atoms with Gasteiger partial charge >= 0.3 is 0 Å². The number of ether oxygens (including phenoxy) is 1. The Bertz CT molecular complexity index is 1280. The molecular weight excluding hydrogens is 470 g/mol. The van der Waals surface area contributed by atoms with Crippen LogP contribution in [0.4, 0.5) is 5.69 Å². The van der Waals surface area contributed by atoms with Crippen LogP contribution in [0.3, 0.4) is 0 Å². The smallest absolute Gasteiger partial charge is 0.276 e. The molecule has 3 amide bonds. The fourth-order valence-electron chi connectivity index (χ4n) is 4.50. The monoisotopic (exact) mass is 503 g/mol. The number of aryl methyl sites for hydroxylation is 1. The zero-order chi connectivity index (χ0) is 26.6. The molecule has 4 rings (SSSR count). The van der Waals surface area contributed by atoms with E-state index in [-0.39, 0.29) is 23.8 Å². The molecule has 0 spiro atoms. The molecule has 2 heterocycles. The van der Waals surface area contributed by atoms with Gasteiger partial charge in [0.25, 0.3) is 11.8 Å². The Morgan fingerprint density at radius 2 is 1.78 bits per heavy atom. The number of carbonyl (C=O) groups excluding carboxylic acids is 3. The van der Waals surface area contributed by atoms with E-state index in [1.807, 2.05) is 45.0 Å². The number of imidazole rings is 1. The van der Waals surface area contributed by atoms with Crippen molar-refractivity contribution in [3.8, 4) is 5.75 Å². The molecule has 1 aliphatic heterocycles. The topological polar surface area (TPSA) is 106 Å². The van der Waals surface area contributed by atoms with Crippen molar-refractivity contribution >= 4 is 23.4 Å². The minimum atomic E-state index is -1.13. The van der Waals surface area contributed by atoms with Crippen molar-refractivity contribution < 1.29 is 19.1 Å². The second-order valence-electron chi connectivity index (χ2n) is 9.38. The van der Waals surface area contributed by atoms with Gasteiger partial charge in [-0.25, -0.2) is 4.98 Å². The molecule has 0 saturated carbocycles. The summed E-state index contributed by atoms with van der Waals surface area (Å²) < 4.78 is 7.04. The number of hydrogen-bond donors (Lipinski definition) is 2. The van der Waals surface area contributed by atoms with Crippen LogP contribution in [0.1, 0.15) is 59.3 Å². The predicted molar refractivity (Wildman–Crippen MR) is 141 cm³/mol. The number of hydrogen-bond acceptors (Lipinski definition) is 5. The Morgan fingerprint density at radius 3 is 2.43 bits per heavy atom. The molecule has 0 aliphatic carbocycles. The Balaban J connectivity index is 1.55. The molecule has 1 aromatic heterocycles. The van der Waals surface area contributed by atoms with E-state index in [9.17, 15) is 14.4 Å². The zero-order valence-electron chi connectivity index (χ0n) is 21.7. The summed E-state index contributed by atoms with van der Waals surface area (Å²) in [6.07, 6.45) is 2.11. The van der Waals surface area contributed by atoms with Gasteiger partial charge in [0.2, 0.25) is 5.91 Å². The summed E-state index contributed by atoms with van der Waals surface area (Å²) in [6.45, 7) is 9.08. The van der Waals surface area contributed by atoms with Crippen LogP contribution in [-0.2, 0) is 17.9 Å². The van der Waals surface area contributed by atoms with E-state index >= 15 is 0 Å². The molecule has 3 aromatic rings. The summed E-state index contributed by atoms with van der Waals surface area (Å²) in [4.78, 5) is 46.0. The maximum Gasteiger partial charge on any atom is 0.276 e. The number of anilines is 1. The van der Waals surface area contributed by atoms with E-state index in [1.165, 1.54) is 6.33 Å². The molecule has 194 valence electrons. The number of nitrogens with zero attached hydrogens (tertiary/aromatic N) is 3. The summed E-state index contributed by atoms with van der Waals surface area (Å²) in [5.41, 5.74) is 1.76. The first-order chi connectivity index (χ1) is 17.8. The van der Waals surface area contributed by atoms with Crippen LogP contribution in [0, 0.1) is 6.92 Å². The molecule has 0 unspecified atom stereocenters. The van der Waals surface area contributed by atoms with Crippen molar-refractivity contribution in [2.45, 2.75) is 52.7 Å². The molecule has 0 radical (unpaired) electrons. The van der Waals surface area contributed by atoms with Gasteiger partial charge < -0.3 is 24.8 Å². The van der Waals surface area contributed by atoms with Gasteiger partial charge in [0, 0.05) is 18.8 Å². The average Bonchev–Trinajstić information content (AvgIpc) is 3.31. The fraction of sp³-hybridized carbons (Fsp3) is 0.357. The number of carbonyl (C=O) groups is 3. The van der Waals surface area contributed by atoms with Crippen LogP contribution < -0.4 is 15.4 Å². The van der Waals surface area contributed by atoms with Gasteiger partial charge in [0.05, 0.1) is 19.5 Å². The third kappa shape index (κ3) is 5.35. The molecule has 2 aromatic carbocycles. The van der Waals surface area contributed by atoms with E-state index in [0.29, 0.717) is 37.6 Å². The van der Waals surface area contributed by atoms with Crippen molar-refractivity contribution in [3.05, 3.63) is 77.4 Å². The van der Waals surface area contributed by atoms with E-state index in [2.05, 4.69) is 15.6 Å². The second kappa shape index (κ2) is 10.9. The highest BCUT2D eigenvalue weighted by Crippen LogP contribution is 2.29. The predicted octanol–water partition coefficient (Wildman–Crippen LogP) is 3.78. The van der Waals surface area contributed by atoms with Crippen LogP contribution in [-0.4, -0.2) is 50.9 Å². The third-order valence-electron chi connectivity index (χ3n) is 6.51. The summed E-state index contributed by atoms with van der Waals surface area (Å²) >= 11 is 0. The summed E-state index contributed by atoms with van der Waals surface area (Å²) in [5, 5.41) is 5.78. The molecule has 9 nitrogen and oxygen atoms in total. The summed E-state index contributed by atoms with van der Waals surface area (Å²) in [7, 11) is 0. The number of fused-ring (bicyclic) bond motifs is 1. The van der Waals surface area contributed by atoms with Gasteiger partial charge in [-0.05, 0) is 57.0 Å². The molecule has 37 heavy (non-hydrogen) atoms. The minimum Gasteiger partial charge on any atom is -0.494 e. The molecule has 0 bridgehead atoms. The molecule has 0 fully saturated rings. The number of nitrogens with one attached hydrogen (secondary N) is 2. The lowest BCUT2D eigenvalue weighted by atomic mass is 9.93. The van der Waals surface area contributed by atoms with Gasteiger partial charge in [-0.15, -0.1) is 0 Å². The highest BCUT2D eigenvalue weighted by molar-refractivity contribution is 6.11. The van der Waals surface area contributed by atoms with Gasteiger partial charge in [-0.1, -0.05) is 36.8 Å². The van der Waals surface area contributed by atoms with E-state index in [0.717, 1.165) is 11.1 Å². The summed E-state index contributed by atoms with van der Waals surface area (Å²) in [5.74, 6) is -0.439. The molecule has 9 heteroatoms. The second-order valence-corrected chi connectivity index (χ2v) is 9.38. The molecule has 2 N–H and O–H groups in total. The van der Waals surface area contributed by atoms with Crippen LogP contribution in [0.5, 0.6) is 5.75 Å². The Kier molecular flexibility index (Phi) is 7.61. The molecule has 0 saturated heterocycles. The Morgan fingerprint density at radius 1 is 1.08 bits per heavy atom. The molecular formula is C28H33N5O4. The number of rotatable bonds is 9. The first-order valence-corrected chi connectivity index (χ1v) is 12.5. The first kappa shape index (κ1) is 25.9. The van der Waals surface area contributed by atoms with Crippen LogP contribution >= 0.6 is 0 Å². The normalized spacial score (nSPS) is 16.8. The van der Waals surface area contributed by atoms with Crippen molar-refractivity contribution in [1.82, 2.24) is 19.8 Å². The van der Waals surface area contributed by atoms with E-state index in [1.54, 1.807) is 40.7 Å². The largest absolute Gasteiger partial charge is 0.494 e. The fourth-order valence-corrected chi connectivity index (χ4v) is 4.50. The van der Waals surface area contributed by atoms with E-state index in [4.69, 9.17) is 4.74 Å². The number of aromatic nitrogens is 2. The average molecular weight is 504 g/mol. The van der Waals surface area contributed by atoms with Gasteiger partial charge in [-0.3, -0.25) is 14.4 Å². The third-order valence-corrected chi connectivity index (χ3v) is 6.51. The van der Waals surface area contributed by atoms with Crippen LogP contribution in [0.25, 0.3) is 0 Å². The summed E-state index contributed by atoms with van der Waals surface area (Å²) in [6, 6.07) is 14.9. The Labute approximate surface area is 216 Å². The quantitative estimate of drug-likeness (QED) is 0.462. The van der Waals surface area contributed by atoms with Crippen LogP contribution in [0.15, 0.2) is 54.9 Å². The number of amides is 3. The van der Waals surface area contributed by atoms with Gasteiger partial charge in [-0.2, -0.15) is 0 Å². The van der Waals surface area contributed by atoms with E-state index < -0.39 is 17.4 Å². The highest BCUT2D eigenvalue weighted by atomic mass is 16.5. The lowest BCUT2D eigenvalue weighted by Crippen LogP contribution is -2.64. The maximum atomic E-state index is 13.7. The Hall–Kier alpha value is -4.14. The standard InChI is InChI=1S/C28H33N5O4/c1-5-15-33-26(35)24-23(25(34)31-21-11-13-22(14-12-21)37-6-2)30-18-32(24)17-28(33,4)27(36)29-16-20-9-7-19(3)8-10-20/h7-14,18H,5-6,15-17H2,1-4H3,(H,29,36)(H,31,34)/t28-/m0/s1. The molecule has 1 atom stereocenters. The maximum absolute atomic E-state index is 13.7. The zero-order valence-corrected chi connectivity index (χ0v) is 21.7. The lowest BCUT2D eigenvalue weighted by molar-refractivity contribution is -0.133. The SMILES string of the molecule is CCCN1C(=O)c2c(C(=O)Nc3ccc(OCC)cc3)ncn2C[C@@]1(C)C(=O)NCc1ccc(C)cc1. The van der Waals surface area contributed by atoms with Gasteiger partial charge in [0.1, 0.15) is 17.0 Å². The van der Waals surface area contributed by atoms with Crippen molar-refractivity contribution in [3.63, 3.8) is 0 Å². The van der Waals surface area contributed by atoms with Crippen molar-refractivity contribution in [2.24, 2.45) is 0 Å². The minimum absolute atomic E-state index is 0.0297. The molecule has 1 aliphatic rings. The highest BCUT2D eigenvalue weighted by Gasteiger charge is 2.48. The lowest BCUT2D eigenvalue weighted by Gasteiger charge is -2.43. The van der Waals surface area contributed by atoms with Gasteiger partial charge in [0.15, 0.2) is 5.69 Å². The van der Waals surface area contributed by atoms with Crippen LogP contribution in [0.2, 0.25) is 0 Å². The van der Waals surface area contributed by atoms with Crippen molar-refractivity contribution in [2.75, 3.05) is 18.5 Å².